The number of aryl methyl sites for hydroxylation is 4. The van der Waals surface area contributed by atoms with Crippen molar-refractivity contribution in [2.24, 2.45) is 0 Å². The fourth-order valence-electron chi connectivity index (χ4n) is 2.64. The van der Waals surface area contributed by atoms with Gasteiger partial charge in [0.25, 0.3) is 0 Å². The highest BCUT2D eigenvalue weighted by Gasteiger charge is 2.01. The fourth-order valence-corrected chi connectivity index (χ4v) is 3.30. The zero-order valence-electron chi connectivity index (χ0n) is 20.5. The van der Waals surface area contributed by atoms with Crippen LogP contribution >= 0.6 is 23.2 Å². The van der Waals surface area contributed by atoms with Crippen molar-refractivity contribution in [2.45, 2.75) is 61.8 Å². The normalized spacial score (nSPS) is 9.31. The topological polar surface area (TPSA) is 37.3 Å². The van der Waals surface area contributed by atoms with Crippen LogP contribution in [0, 0.1) is 27.7 Å². The summed E-state index contributed by atoms with van der Waals surface area (Å²) in [6, 6.07) is 16.9. The Balaban J connectivity index is 0.000000435. The van der Waals surface area contributed by atoms with E-state index in [4.69, 9.17) is 28.3 Å². The Labute approximate surface area is 204 Å². The lowest BCUT2D eigenvalue weighted by atomic mass is 10.1. The number of hydrogen-bond donors (Lipinski definition) is 1. The van der Waals surface area contributed by atoms with Gasteiger partial charge in [-0.1, -0.05) is 73.8 Å². The highest BCUT2D eigenvalue weighted by atomic mass is 35.5. The van der Waals surface area contributed by atoms with E-state index in [-0.39, 0.29) is 11.5 Å². The van der Waals surface area contributed by atoms with Crippen molar-refractivity contribution < 1.29 is 9.90 Å². The number of carbonyl (C=O) groups is 1. The second-order valence-electron chi connectivity index (χ2n) is 7.20. The summed E-state index contributed by atoms with van der Waals surface area (Å²) in [5.41, 5.74) is 6.51. The molecule has 0 amide bonds. The molecule has 1 N–H and O–H groups in total. The number of halogens is 2. The molecule has 174 valence electrons. The monoisotopic (exact) mass is 474 g/mol. The maximum absolute atomic E-state index is 10.8. The number of rotatable bonds is 2. The number of phenols is 1. The quantitative estimate of drug-likeness (QED) is 0.375. The first-order valence-electron chi connectivity index (χ1n) is 10.8. The predicted molar refractivity (Wildman–Crippen MR) is 141 cm³/mol. The van der Waals surface area contributed by atoms with Gasteiger partial charge in [-0.25, -0.2) is 0 Å². The van der Waals surface area contributed by atoms with Crippen molar-refractivity contribution in [3.8, 4) is 5.75 Å². The highest BCUT2D eigenvalue weighted by molar-refractivity contribution is 6.35. The van der Waals surface area contributed by atoms with Gasteiger partial charge >= 0.3 is 0 Å². The molecule has 0 bridgehead atoms. The Bertz CT molecular complexity index is 974. The summed E-state index contributed by atoms with van der Waals surface area (Å²) < 4.78 is 0. The van der Waals surface area contributed by atoms with Crippen LogP contribution in [0.5, 0.6) is 5.75 Å². The van der Waals surface area contributed by atoms with Crippen molar-refractivity contribution in [1.82, 2.24) is 0 Å². The summed E-state index contributed by atoms with van der Waals surface area (Å²) in [5, 5.41) is 10.6. The third kappa shape index (κ3) is 10.3. The maximum Gasteiger partial charge on any atom is 0.159 e. The summed E-state index contributed by atoms with van der Waals surface area (Å²) in [6.07, 6.45) is 0.887. The zero-order valence-corrected chi connectivity index (χ0v) is 22.0. The molecule has 3 aromatic carbocycles. The van der Waals surface area contributed by atoms with Gasteiger partial charge in [-0.15, -0.1) is 0 Å². The minimum absolute atomic E-state index is 0.0214. The number of Topliss-reactive ketones (excluding diaryl/α,β-unsaturated/α-hetero) is 1. The van der Waals surface area contributed by atoms with Gasteiger partial charge in [0.15, 0.2) is 5.78 Å². The van der Waals surface area contributed by atoms with E-state index in [1.807, 2.05) is 39.0 Å². The van der Waals surface area contributed by atoms with Gasteiger partial charge in [-0.3, -0.25) is 4.79 Å². The zero-order chi connectivity index (χ0) is 24.8. The van der Waals surface area contributed by atoms with Crippen molar-refractivity contribution in [3.05, 3.63) is 98.0 Å². The van der Waals surface area contributed by atoms with E-state index in [1.165, 1.54) is 29.7 Å². The second kappa shape index (κ2) is 15.5. The molecule has 0 radical (unpaired) electrons. The highest BCUT2D eigenvalue weighted by Crippen LogP contribution is 2.24. The standard InChI is InChI=1S/C9H10O2.C9H12.C8H8Cl2.C2H6/c1-6-5-8(7(2)10)3-4-9(6)11;1-7-4-5-8(2)9(3)6-7;1-2-6-7(9)4-3-5-8(6)10;1-2/h3-5,11H,1-2H3;4-6H,1-3H3;3-5H,2H2,1H3;1-2H3. The Hall–Kier alpha value is -2.29. The molecule has 0 atom stereocenters. The Morgan fingerprint density at radius 2 is 1.38 bits per heavy atom. The van der Waals surface area contributed by atoms with Crippen molar-refractivity contribution in [2.75, 3.05) is 0 Å². The van der Waals surface area contributed by atoms with Gasteiger partial charge in [0.1, 0.15) is 5.75 Å². The lowest BCUT2D eigenvalue weighted by Gasteiger charge is -2.01. The SMILES string of the molecule is CC.CC(=O)c1ccc(O)c(C)c1.CCc1c(Cl)cccc1Cl.Cc1ccc(C)c(C)c1. The number of ketones is 1. The van der Waals surface area contributed by atoms with Crippen LogP contribution < -0.4 is 0 Å². The number of hydrogen-bond acceptors (Lipinski definition) is 2. The number of aromatic hydroxyl groups is 1. The van der Waals surface area contributed by atoms with Crippen molar-refractivity contribution in [1.29, 1.82) is 0 Å². The van der Waals surface area contributed by atoms with E-state index in [1.54, 1.807) is 19.1 Å². The molecule has 0 heterocycles. The Morgan fingerprint density at radius 1 is 0.812 bits per heavy atom. The summed E-state index contributed by atoms with van der Waals surface area (Å²) >= 11 is 11.7. The lowest BCUT2D eigenvalue weighted by molar-refractivity contribution is 0.101. The van der Waals surface area contributed by atoms with Crippen LogP contribution in [-0.2, 0) is 6.42 Å². The van der Waals surface area contributed by atoms with Gasteiger partial charge in [0, 0.05) is 15.6 Å². The minimum Gasteiger partial charge on any atom is -0.508 e. The second-order valence-corrected chi connectivity index (χ2v) is 8.01. The van der Waals surface area contributed by atoms with E-state index in [2.05, 4.69) is 39.0 Å². The van der Waals surface area contributed by atoms with Crippen LogP contribution in [0.25, 0.3) is 0 Å². The van der Waals surface area contributed by atoms with Crippen LogP contribution in [0.2, 0.25) is 10.0 Å². The van der Waals surface area contributed by atoms with E-state index < -0.39 is 0 Å². The third-order valence-electron chi connectivity index (χ3n) is 4.68. The molecule has 0 aliphatic rings. The molecule has 0 saturated carbocycles. The molecule has 0 aromatic heterocycles. The number of benzene rings is 3. The molecular formula is C28H36Cl2O2. The van der Waals surface area contributed by atoms with E-state index in [0.717, 1.165) is 27.6 Å². The number of carbonyl (C=O) groups excluding carboxylic acids is 1. The molecule has 4 heteroatoms. The van der Waals surface area contributed by atoms with Crippen LogP contribution in [0.4, 0.5) is 0 Å². The lowest BCUT2D eigenvalue weighted by Crippen LogP contribution is -1.91. The molecule has 32 heavy (non-hydrogen) atoms. The summed E-state index contributed by atoms with van der Waals surface area (Å²) in [5.74, 6) is 0.253. The van der Waals surface area contributed by atoms with Gasteiger partial charge in [0.2, 0.25) is 0 Å². The van der Waals surface area contributed by atoms with Gasteiger partial charge in [0.05, 0.1) is 0 Å². The Morgan fingerprint density at radius 3 is 1.75 bits per heavy atom. The first-order chi connectivity index (χ1) is 15.1. The van der Waals surface area contributed by atoms with Crippen LogP contribution in [0.1, 0.15) is 65.9 Å². The number of phenolic OH excluding ortho intramolecular Hbond substituents is 1. The largest absolute Gasteiger partial charge is 0.508 e. The van der Waals surface area contributed by atoms with Gasteiger partial charge < -0.3 is 5.11 Å². The summed E-state index contributed by atoms with van der Waals surface area (Å²) in [7, 11) is 0. The third-order valence-corrected chi connectivity index (χ3v) is 5.39. The summed E-state index contributed by atoms with van der Waals surface area (Å²) in [4.78, 5) is 10.8. The summed E-state index contributed by atoms with van der Waals surface area (Å²) in [6.45, 7) is 15.7. The molecule has 0 aliphatic carbocycles. The average Bonchev–Trinajstić information content (AvgIpc) is 2.75. The van der Waals surface area contributed by atoms with E-state index in [0.29, 0.717) is 5.56 Å². The molecule has 0 saturated heterocycles. The van der Waals surface area contributed by atoms with Gasteiger partial charge in [-0.05, 0) is 93.6 Å². The van der Waals surface area contributed by atoms with Crippen LogP contribution in [0.3, 0.4) is 0 Å². The molecule has 3 rings (SSSR count). The molecular weight excluding hydrogens is 439 g/mol. The minimum atomic E-state index is 0.0214. The molecule has 0 aliphatic heterocycles. The first-order valence-corrected chi connectivity index (χ1v) is 11.6. The molecule has 2 nitrogen and oxygen atoms in total. The smallest absolute Gasteiger partial charge is 0.159 e. The fraction of sp³-hybridized carbons (Fsp3) is 0.321. The van der Waals surface area contributed by atoms with E-state index in [9.17, 15) is 4.79 Å². The first kappa shape index (κ1) is 29.7. The van der Waals surface area contributed by atoms with Gasteiger partial charge in [-0.2, -0.15) is 0 Å². The van der Waals surface area contributed by atoms with Crippen molar-refractivity contribution >= 4 is 29.0 Å². The Kier molecular flexibility index (Phi) is 14.4. The molecule has 0 spiro atoms. The molecule has 0 unspecified atom stereocenters. The molecule has 0 fully saturated rings. The van der Waals surface area contributed by atoms with Crippen molar-refractivity contribution in [3.63, 3.8) is 0 Å². The maximum atomic E-state index is 10.8. The predicted octanol–water partition coefficient (Wildman–Crippen LogP) is 9.10. The van der Waals surface area contributed by atoms with Crippen LogP contribution in [-0.4, -0.2) is 10.9 Å². The molecule has 3 aromatic rings. The average molecular weight is 476 g/mol. The van der Waals surface area contributed by atoms with E-state index >= 15 is 0 Å². The van der Waals surface area contributed by atoms with Crippen LogP contribution in [0.15, 0.2) is 54.6 Å².